The number of aliphatic carboxylic acids is 2. The van der Waals surface area contributed by atoms with Gasteiger partial charge in [0.15, 0.2) is 11.5 Å². The summed E-state index contributed by atoms with van der Waals surface area (Å²) in [6.07, 6.45) is 1.69. The highest BCUT2D eigenvalue weighted by molar-refractivity contribution is 6.27. The first-order chi connectivity index (χ1) is 17.7. The molecule has 1 heterocycles. The summed E-state index contributed by atoms with van der Waals surface area (Å²) < 4.78 is 21.5. The number of benzene rings is 2. The Balaban J connectivity index is 0.000000717. The molecule has 0 atom stereocenters. The standard InChI is InChI=1S/C24H32N2O5.C2H2O4/c1-28-20-7-5-17(6-8-20)15-25-24(27)19-9-11-26(12-10-19)16-18-13-21(29-2)23(31-4)22(14-18)30-3;3-1(4)2(5)6/h5-8,13-14,19H,9-12,15-16H2,1-4H3,(H,25,27);(H,3,4)(H,5,6). The number of carbonyl (C=O) groups excluding carboxylic acids is 1. The molecular formula is C26H34N2O9. The largest absolute Gasteiger partial charge is 0.497 e. The van der Waals surface area contributed by atoms with E-state index in [-0.39, 0.29) is 11.8 Å². The third-order valence-electron chi connectivity index (χ3n) is 5.90. The minimum atomic E-state index is -1.82. The van der Waals surface area contributed by atoms with Gasteiger partial charge in [0.1, 0.15) is 5.75 Å². The monoisotopic (exact) mass is 518 g/mol. The molecule has 11 heteroatoms. The second-order valence-electron chi connectivity index (χ2n) is 8.26. The molecule has 1 aliphatic rings. The number of rotatable bonds is 9. The zero-order valence-electron chi connectivity index (χ0n) is 21.5. The number of piperidine rings is 1. The Morgan fingerprint density at radius 2 is 1.38 bits per heavy atom. The first-order valence-corrected chi connectivity index (χ1v) is 11.6. The number of nitrogens with zero attached hydrogens (tertiary/aromatic N) is 1. The van der Waals surface area contributed by atoms with Crippen LogP contribution in [0.15, 0.2) is 36.4 Å². The van der Waals surface area contributed by atoms with E-state index < -0.39 is 11.9 Å². The number of likely N-dealkylation sites (tertiary alicyclic amines) is 1. The van der Waals surface area contributed by atoms with Gasteiger partial charge in [-0.2, -0.15) is 0 Å². The summed E-state index contributed by atoms with van der Waals surface area (Å²) in [6, 6.07) is 11.7. The average Bonchev–Trinajstić information content (AvgIpc) is 2.92. The van der Waals surface area contributed by atoms with E-state index in [1.54, 1.807) is 28.4 Å². The molecule has 2 aromatic carbocycles. The highest BCUT2D eigenvalue weighted by Crippen LogP contribution is 2.38. The first kappa shape index (κ1) is 29.2. The molecule has 1 fully saturated rings. The molecule has 3 rings (SSSR count). The number of hydrogen-bond donors (Lipinski definition) is 3. The van der Waals surface area contributed by atoms with E-state index in [4.69, 9.17) is 38.7 Å². The lowest BCUT2D eigenvalue weighted by Gasteiger charge is -2.31. The average molecular weight is 519 g/mol. The van der Waals surface area contributed by atoms with Gasteiger partial charge in [0.05, 0.1) is 28.4 Å². The van der Waals surface area contributed by atoms with Crippen LogP contribution in [-0.2, 0) is 27.5 Å². The van der Waals surface area contributed by atoms with Crippen molar-refractivity contribution in [1.29, 1.82) is 0 Å². The summed E-state index contributed by atoms with van der Waals surface area (Å²) in [5.74, 6) is -0.743. The van der Waals surface area contributed by atoms with Crippen LogP contribution in [0.5, 0.6) is 23.0 Å². The summed E-state index contributed by atoms with van der Waals surface area (Å²) >= 11 is 0. The number of amides is 1. The van der Waals surface area contributed by atoms with Crippen molar-refractivity contribution in [2.75, 3.05) is 41.5 Å². The molecule has 0 aliphatic carbocycles. The Bertz CT molecular complexity index is 1010. The lowest BCUT2D eigenvalue weighted by Crippen LogP contribution is -2.40. The highest BCUT2D eigenvalue weighted by atomic mass is 16.5. The van der Waals surface area contributed by atoms with Crippen molar-refractivity contribution in [3.63, 3.8) is 0 Å². The number of ether oxygens (including phenoxy) is 4. The second-order valence-corrected chi connectivity index (χ2v) is 8.26. The SMILES string of the molecule is COc1ccc(CNC(=O)C2CCN(Cc3cc(OC)c(OC)c(OC)c3)CC2)cc1.O=C(O)C(=O)O. The van der Waals surface area contributed by atoms with Crippen molar-refractivity contribution in [3.8, 4) is 23.0 Å². The normalized spacial score (nSPS) is 13.5. The molecule has 0 bridgehead atoms. The number of nitrogens with one attached hydrogen (secondary N) is 1. The molecular weight excluding hydrogens is 484 g/mol. The van der Waals surface area contributed by atoms with E-state index in [1.807, 2.05) is 36.4 Å². The Kier molecular flexibility index (Phi) is 11.5. The predicted molar refractivity (Wildman–Crippen MR) is 134 cm³/mol. The molecule has 11 nitrogen and oxygen atoms in total. The Labute approximate surface area is 215 Å². The van der Waals surface area contributed by atoms with Gasteiger partial charge in [-0.1, -0.05) is 12.1 Å². The molecule has 0 unspecified atom stereocenters. The van der Waals surface area contributed by atoms with Gasteiger partial charge in [-0.3, -0.25) is 9.69 Å². The highest BCUT2D eigenvalue weighted by Gasteiger charge is 2.25. The Morgan fingerprint density at radius 3 is 1.81 bits per heavy atom. The third-order valence-corrected chi connectivity index (χ3v) is 5.90. The van der Waals surface area contributed by atoms with Gasteiger partial charge in [0.25, 0.3) is 0 Å². The van der Waals surface area contributed by atoms with Crippen LogP contribution < -0.4 is 24.3 Å². The number of carbonyl (C=O) groups is 3. The maximum absolute atomic E-state index is 12.6. The minimum Gasteiger partial charge on any atom is -0.497 e. The summed E-state index contributed by atoms with van der Waals surface area (Å²) in [5, 5.41) is 17.9. The Morgan fingerprint density at radius 1 is 0.838 bits per heavy atom. The molecule has 0 aromatic heterocycles. The third kappa shape index (κ3) is 8.87. The van der Waals surface area contributed by atoms with E-state index in [2.05, 4.69) is 10.2 Å². The van der Waals surface area contributed by atoms with Crippen LogP contribution in [-0.4, -0.2) is 74.5 Å². The van der Waals surface area contributed by atoms with Crippen LogP contribution in [0, 0.1) is 5.92 Å². The summed E-state index contributed by atoms with van der Waals surface area (Å²) in [5.41, 5.74) is 2.16. The van der Waals surface area contributed by atoms with E-state index in [0.29, 0.717) is 23.8 Å². The minimum absolute atomic E-state index is 0.0504. The van der Waals surface area contributed by atoms with Gasteiger partial charge in [-0.25, -0.2) is 9.59 Å². The van der Waals surface area contributed by atoms with Crippen molar-refractivity contribution in [3.05, 3.63) is 47.5 Å². The molecule has 0 spiro atoms. The molecule has 202 valence electrons. The van der Waals surface area contributed by atoms with Crippen LogP contribution in [0.2, 0.25) is 0 Å². The van der Waals surface area contributed by atoms with E-state index in [0.717, 1.165) is 49.4 Å². The smallest absolute Gasteiger partial charge is 0.414 e. The van der Waals surface area contributed by atoms with Gasteiger partial charge >= 0.3 is 11.9 Å². The fourth-order valence-corrected chi connectivity index (χ4v) is 3.92. The fourth-order valence-electron chi connectivity index (χ4n) is 3.92. The molecule has 3 N–H and O–H groups in total. The van der Waals surface area contributed by atoms with Crippen molar-refractivity contribution < 1.29 is 43.5 Å². The summed E-state index contributed by atoms with van der Waals surface area (Å²) in [7, 11) is 6.49. The van der Waals surface area contributed by atoms with Crippen molar-refractivity contribution in [1.82, 2.24) is 10.2 Å². The molecule has 1 saturated heterocycles. The van der Waals surface area contributed by atoms with Crippen molar-refractivity contribution in [2.45, 2.75) is 25.9 Å². The number of carboxylic acid groups (broad SMARTS) is 2. The molecule has 0 saturated carbocycles. The van der Waals surface area contributed by atoms with Gasteiger partial charge in [0, 0.05) is 19.0 Å². The van der Waals surface area contributed by atoms with Crippen LogP contribution in [0.3, 0.4) is 0 Å². The molecule has 37 heavy (non-hydrogen) atoms. The number of carboxylic acids is 2. The van der Waals surface area contributed by atoms with Crippen LogP contribution in [0.25, 0.3) is 0 Å². The molecule has 1 aliphatic heterocycles. The zero-order valence-corrected chi connectivity index (χ0v) is 21.5. The summed E-state index contributed by atoms with van der Waals surface area (Å²) in [4.78, 5) is 33.1. The topological polar surface area (TPSA) is 144 Å². The maximum atomic E-state index is 12.6. The van der Waals surface area contributed by atoms with Crippen LogP contribution in [0.4, 0.5) is 0 Å². The number of hydrogen-bond acceptors (Lipinski definition) is 8. The fraction of sp³-hybridized carbons (Fsp3) is 0.423. The van der Waals surface area contributed by atoms with Crippen LogP contribution >= 0.6 is 0 Å². The molecule has 0 radical (unpaired) electrons. The van der Waals surface area contributed by atoms with Gasteiger partial charge in [0.2, 0.25) is 11.7 Å². The number of methoxy groups -OCH3 is 4. The van der Waals surface area contributed by atoms with E-state index in [9.17, 15) is 4.79 Å². The van der Waals surface area contributed by atoms with E-state index in [1.165, 1.54) is 0 Å². The molecule has 2 aromatic rings. The van der Waals surface area contributed by atoms with Crippen LogP contribution in [0.1, 0.15) is 24.0 Å². The van der Waals surface area contributed by atoms with E-state index >= 15 is 0 Å². The second kappa shape index (κ2) is 14.5. The van der Waals surface area contributed by atoms with Gasteiger partial charge in [-0.05, 0) is 61.3 Å². The molecule has 1 amide bonds. The summed E-state index contributed by atoms with van der Waals surface area (Å²) in [6.45, 7) is 3.06. The zero-order chi connectivity index (χ0) is 27.4. The lowest BCUT2D eigenvalue weighted by molar-refractivity contribution is -0.159. The van der Waals surface area contributed by atoms with Crippen molar-refractivity contribution in [2.24, 2.45) is 5.92 Å². The predicted octanol–water partition coefficient (Wildman–Crippen LogP) is 2.40. The maximum Gasteiger partial charge on any atom is 0.414 e. The van der Waals surface area contributed by atoms with Crippen molar-refractivity contribution >= 4 is 17.8 Å². The first-order valence-electron chi connectivity index (χ1n) is 11.6. The van der Waals surface area contributed by atoms with Gasteiger partial charge in [-0.15, -0.1) is 0 Å². The lowest BCUT2D eigenvalue weighted by atomic mass is 9.95. The Hall–Kier alpha value is -3.99. The van der Waals surface area contributed by atoms with Gasteiger partial charge < -0.3 is 34.5 Å². The quantitative estimate of drug-likeness (QED) is 0.423.